The summed E-state index contributed by atoms with van der Waals surface area (Å²) in [6.07, 6.45) is 0. The van der Waals surface area contributed by atoms with Crippen molar-refractivity contribution in [2.24, 2.45) is 0 Å². The summed E-state index contributed by atoms with van der Waals surface area (Å²) in [5.41, 5.74) is 22.8. The van der Waals surface area contributed by atoms with E-state index in [1.165, 1.54) is 66.8 Å². The molecule has 0 bridgehead atoms. The van der Waals surface area contributed by atoms with Crippen LogP contribution in [0.2, 0.25) is 0 Å². The molecule has 3 aliphatic carbocycles. The van der Waals surface area contributed by atoms with Gasteiger partial charge in [0.15, 0.2) is 0 Å². The Morgan fingerprint density at radius 3 is 1.42 bits per heavy atom. The molecule has 0 fully saturated rings. The monoisotopic (exact) mass is 917 g/mol. The number of furan rings is 2. The van der Waals surface area contributed by atoms with Crippen molar-refractivity contribution in [2.45, 2.75) is 10.8 Å². The number of para-hydroxylation sites is 3. The molecule has 4 heteroatoms. The van der Waals surface area contributed by atoms with Gasteiger partial charge in [0, 0.05) is 38.7 Å². The highest BCUT2D eigenvalue weighted by Gasteiger charge is 2.53. The maximum atomic E-state index is 7.16. The highest BCUT2D eigenvalue weighted by atomic mass is 16.5. The van der Waals surface area contributed by atoms with E-state index in [1.54, 1.807) is 0 Å². The summed E-state index contributed by atoms with van der Waals surface area (Å²) in [5.74, 6) is 1.74. The van der Waals surface area contributed by atoms with Gasteiger partial charge in [0.1, 0.15) is 33.8 Å². The number of hydrogen-bond donors (Lipinski definition) is 0. The molecule has 0 radical (unpaired) electrons. The summed E-state index contributed by atoms with van der Waals surface area (Å²) in [6, 6.07) is 86.5. The number of rotatable bonds is 3. The summed E-state index contributed by atoms with van der Waals surface area (Å²) in [6.45, 7) is 0. The Bertz CT molecular complexity index is 4420. The second kappa shape index (κ2) is 13.7. The third kappa shape index (κ3) is 4.63. The fraction of sp³-hybridized carbons (Fsp3) is 0.0294. The predicted molar refractivity (Wildman–Crippen MR) is 289 cm³/mol. The van der Waals surface area contributed by atoms with Crippen molar-refractivity contribution >= 4 is 60.9 Å². The molecule has 17 rings (SSSR count). The number of ether oxygens (including phenoxy) is 1. The molecule has 13 aromatic rings. The summed E-state index contributed by atoms with van der Waals surface area (Å²) >= 11 is 0. The van der Waals surface area contributed by atoms with Crippen LogP contribution in [0.5, 0.6) is 11.5 Å². The zero-order chi connectivity index (χ0) is 46.9. The normalized spacial score (nSPS) is 14.4. The minimum atomic E-state index is -0.613. The molecule has 0 amide bonds. The number of nitrogens with zero attached hydrogens (tertiary/aromatic N) is 1. The average molecular weight is 918 g/mol. The molecule has 11 aromatic carbocycles. The number of fused-ring (bicyclic) bond motifs is 25. The molecule has 72 heavy (non-hydrogen) atoms. The third-order valence-electron chi connectivity index (χ3n) is 16.5. The zero-order valence-electron chi connectivity index (χ0n) is 38.7. The van der Waals surface area contributed by atoms with Crippen LogP contribution < -0.4 is 9.64 Å². The molecule has 0 N–H and O–H groups in total. The first-order chi connectivity index (χ1) is 35.7. The van der Waals surface area contributed by atoms with Crippen LogP contribution in [-0.2, 0) is 10.8 Å². The molecule has 4 aliphatic rings. The van der Waals surface area contributed by atoms with Crippen LogP contribution in [0, 0.1) is 0 Å². The van der Waals surface area contributed by atoms with Gasteiger partial charge >= 0.3 is 0 Å². The molecule has 0 saturated carbocycles. The van der Waals surface area contributed by atoms with Crippen molar-refractivity contribution < 1.29 is 13.6 Å². The average Bonchev–Trinajstić information content (AvgIpc) is 4.22. The standard InChI is InChI=1S/C68H39NO3/c1-6-21-51-42(16-1)43-17-2-7-22-52(43)67(51)53-23-8-3-18-44(53)46-34-32-41(37-57(46)67)69(40-33-35-61-49(36-40)47-20-5-12-28-60(47)70-61)59-27-15-31-64-66(59)50-38-48-45-19-4-9-24-54(45)68(58(48)39-65(50)72-64)55-25-10-13-29-62(55)71-63-30-14-11-26-56(63)68/h1-39H. The van der Waals surface area contributed by atoms with Crippen LogP contribution >= 0.6 is 0 Å². The molecule has 3 heterocycles. The topological polar surface area (TPSA) is 38.8 Å². The Labute approximate surface area is 414 Å². The molecule has 2 spiro atoms. The van der Waals surface area contributed by atoms with E-state index < -0.39 is 10.8 Å². The van der Waals surface area contributed by atoms with E-state index in [1.807, 2.05) is 6.07 Å². The predicted octanol–water partition coefficient (Wildman–Crippen LogP) is 17.8. The number of anilines is 3. The molecular weight excluding hydrogens is 879 g/mol. The van der Waals surface area contributed by atoms with Gasteiger partial charge in [0.25, 0.3) is 0 Å². The molecular formula is C68H39NO3. The lowest BCUT2D eigenvalue weighted by Gasteiger charge is -2.39. The van der Waals surface area contributed by atoms with Gasteiger partial charge < -0.3 is 18.5 Å². The maximum absolute atomic E-state index is 7.16. The zero-order valence-corrected chi connectivity index (χ0v) is 38.7. The largest absolute Gasteiger partial charge is 0.457 e. The van der Waals surface area contributed by atoms with E-state index >= 15 is 0 Å². The van der Waals surface area contributed by atoms with Gasteiger partial charge in [-0.3, -0.25) is 0 Å². The van der Waals surface area contributed by atoms with Crippen LogP contribution in [0.1, 0.15) is 44.5 Å². The van der Waals surface area contributed by atoms with E-state index in [-0.39, 0.29) is 0 Å². The molecule has 2 aromatic heterocycles. The SMILES string of the molecule is c1ccc2c(c1)Oc1ccccc1C21c2ccccc2-c2cc3c(cc21)oc1cccc(N(c2ccc4c(c2)C2(c5ccccc5-c5ccccc52)c2ccccc2-4)c2ccc4oc5ccccc5c4c2)c13. The number of hydrogen-bond acceptors (Lipinski definition) is 4. The summed E-state index contributed by atoms with van der Waals surface area (Å²) in [5, 5.41) is 4.26. The third-order valence-corrected chi connectivity index (χ3v) is 16.5. The lowest BCUT2D eigenvalue weighted by Crippen LogP contribution is -2.32. The quantitative estimate of drug-likeness (QED) is 0.177. The summed E-state index contributed by atoms with van der Waals surface area (Å²) in [7, 11) is 0. The van der Waals surface area contributed by atoms with E-state index in [0.29, 0.717) is 0 Å². The van der Waals surface area contributed by atoms with Gasteiger partial charge in [-0.25, -0.2) is 0 Å². The van der Waals surface area contributed by atoms with Crippen molar-refractivity contribution in [1.29, 1.82) is 0 Å². The highest BCUT2D eigenvalue weighted by Crippen LogP contribution is 2.65. The first-order valence-electron chi connectivity index (χ1n) is 24.8. The first-order valence-corrected chi connectivity index (χ1v) is 24.8. The Morgan fingerprint density at radius 2 is 0.750 bits per heavy atom. The molecule has 1 aliphatic heterocycles. The van der Waals surface area contributed by atoms with E-state index in [4.69, 9.17) is 13.6 Å². The second-order valence-corrected chi connectivity index (χ2v) is 19.8. The lowest BCUT2D eigenvalue weighted by molar-refractivity contribution is 0.436. The molecule has 0 unspecified atom stereocenters. The Morgan fingerprint density at radius 1 is 0.278 bits per heavy atom. The van der Waals surface area contributed by atoms with Crippen molar-refractivity contribution in [3.05, 3.63) is 281 Å². The Kier molecular flexibility index (Phi) is 7.31. The van der Waals surface area contributed by atoms with Crippen LogP contribution in [0.25, 0.3) is 77.3 Å². The molecule has 334 valence electrons. The van der Waals surface area contributed by atoms with Crippen molar-refractivity contribution in [3.63, 3.8) is 0 Å². The van der Waals surface area contributed by atoms with Gasteiger partial charge in [-0.15, -0.1) is 0 Å². The van der Waals surface area contributed by atoms with Crippen molar-refractivity contribution in [3.8, 4) is 44.9 Å². The van der Waals surface area contributed by atoms with Crippen LogP contribution in [0.3, 0.4) is 0 Å². The number of benzene rings is 11. The first kappa shape index (κ1) is 38.5. The van der Waals surface area contributed by atoms with E-state index in [9.17, 15) is 0 Å². The minimum absolute atomic E-state index is 0.509. The highest BCUT2D eigenvalue weighted by molar-refractivity contribution is 6.16. The van der Waals surface area contributed by atoms with Gasteiger partial charge in [-0.2, -0.15) is 0 Å². The van der Waals surface area contributed by atoms with Crippen LogP contribution in [0.4, 0.5) is 17.1 Å². The van der Waals surface area contributed by atoms with Gasteiger partial charge in [-0.1, -0.05) is 164 Å². The van der Waals surface area contributed by atoms with Gasteiger partial charge in [0.05, 0.1) is 21.9 Å². The molecule has 0 atom stereocenters. The van der Waals surface area contributed by atoms with Crippen LogP contribution in [-0.4, -0.2) is 0 Å². The van der Waals surface area contributed by atoms with E-state index in [2.05, 4.69) is 235 Å². The second-order valence-electron chi connectivity index (χ2n) is 19.8. The molecule has 4 nitrogen and oxygen atoms in total. The Hall–Kier alpha value is -9.38. The fourth-order valence-corrected chi connectivity index (χ4v) is 13.8. The Balaban J connectivity index is 0.953. The maximum Gasteiger partial charge on any atom is 0.137 e. The fourth-order valence-electron chi connectivity index (χ4n) is 13.8. The minimum Gasteiger partial charge on any atom is -0.457 e. The van der Waals surface area contributed by atoms with Crippen molar-refractivity contribution in [1.82, 2.24) is 0 Å². The van der Waals surface area contributed by atoms with Gasteiger partial charge in [-0.05, 0) is 140 Å². The smallest absolute Gasteiger partial charge is 0.137 e. The van der Waals surface area contributed by atoms with Crippen LogP contribution in [0.15, 0.2) is 245 Å². The molecule has 0 saturated heterocycles. The summed E-state index contributed by atoms with van der Waals surface area (Å²) < 4.78 is 20.3. The van der Waals surface area contributed by atoms with E-state index in [0.717, 1.165) is 83.6 Å². The van der Waals surface area contributed by atoms with Crippen molar-refractivity contribution in [2.75, 3.05) is 4.90 Å². The lowest BCUT2D eigenvalue weighted by atomic mass is 9.66. The summed E-state index contributed by atoms with van der Waals surface area (Å²) in [4.78, 5) is 2.45. The van der Waals surface area contributed by atoms with Gasteiger partial charge in [0.2, 0.25) is 0 Å².